The number of benzene rings is 1. The van der Waals surface area contributed by atoms with E-state index in [1.165, 1.54) is 0 Å². The number of carbonyl (C=O) groups is 1. The van der Waals surface area contributed by atoms with E-state index in [0.29, 0.717) is 10.2 Å². The molecule has 0 radical (unpaired) electrons. The highest BCUT2D eigenvalue weighted by atomic mass is 19.3. The molecule has 0 bridgehead atoms. The van der Waals surface area contributed by atoms with Crippen molar-refractivity contribution in [3.05, 3.63) is 53.9 Å². The molecule has 104 valence electrons. The molecule has 6 nitrogen and oxygen atoms in total. The Balaban J connectivity index is 2.04. The Morgan fingerprint density at radius 3 is 2.60 bits per heavy atom. The third-order valence-corrected chi connectivity index (χ3v) is 2.31. The quantitative estimate of drug-likeness (QED) is 0.400. The van der Waals surface area contributed by atoms with Crippen molar-refractivity contribution < 1.29 is 18.4 Å². The van der Waals surface area contributed by atoms with E-state index >= 15 is 0 Å². The number of halogens is 2. The Morgan fingerprint density at radius 1 is 1.30 bits per heavy atom. The lowest BCUT2D eigenvalue weighted by atomic mass is 10.2. The number of oxime groups is 1. The predicted octanol–water partition coefficient (Wildman–Crippen LogP) is 1.76. The van der Waals surface area contributed by atoms with E-state index in [9.17, 15) is 13.6 Å². The SMILES string of the molecule is N/C(=N\OC(=O)c1ccn(C(F)F)n1)c1ccccc1. The first-order valence-electron chi connectivity index (χ1n) is 5.51. The minimum Gasteiger partial charge on any atom is -0.380 e. The Kier molecular flexibility index (Phi) is 4.04. The van der Waals surface area contributed by atoms with E-state index in [4.69, 9.17) is 5.73 Å². The second-order valence-corrected chi connectivity index (χ2v) is 3.68. The van der Waals surface area contributed by atoms with Gasteiger partial charge in [-0.3, -0.25) is 0 Å². The topological polar surface area (TPSA) is 82.5 Å². The fourth-order valence-electron chi connectivity index (χ4n) is 1.35. The maximum absolute atomic E-state index is 12.3. The lowest BCUT2D eigenvalue weighted by Crippen LogP contribution is -2.15. The van der Waals surface area contributed by atoms with Crippen LogP contribution in [0.2, 0.25) is 0 Å². The summed E-state index contributed by atoms with van der Waals surface area (Å²) >= 11 is 0. The van der Waals surface area contributed by atoms with Gasteiger partial charge in [0.1, 0.15) is 0 Å². The van der Waals surface area contributed by atoms with Gasteiger partial charge in [0.25, 0.3) is 0 Å². The highest BCUT2D eigenvalue weighted by Gasteiger charge is 2.15. The fourth-order valence-corrected chi connectivity index (χ4v) is 1.35. The molecule has 0 saturated heterocycles. The first-order chi connectivity index (χ1) is 9.58. The first-order valence-corrected chi connectivity index (χ1v) is 5.51. The van der Waals surface area contributed by atoms with Gasteiger partial charge in [0.2, 0.25) is 0 Å². The van der Waals surface area contributed by atoms with Gasteiger partial charge in [-0.15, -0.1) is 0 Å². The summed E-state index contributed by atoms with van der Waals surface area (Å²) in [5, 5.41) is 6.78. The highest BCUT2D eigenvalue weighted by molar-refractivity contribution is 5.97. The lowest BCUT2D eigenvalue weighted by molar-refractivity contribution is 0.0472. The molecule has 0 aliphatic heterocycles. The van der Waals surface area contributed by atoms with E-state index < -0.39 is 12.5 Å². The van der Waals surface area contributed by atoms with Crippen LogP contribution in [0, 0.1) is 0 Å². The van der Waals surface area contributed by atoms with Crippen molar-refractivity contribution in [1.29, 1.82) is 0 Å². The van der Waals surface area contributed by atoms with Crippen LogP contribution in [0.5, 0.6) is 0 Å². The summed E-state index contributed by atoms with van der Waals surface area (Å²) in [6.45, 7) is -2.82. The van der Waals surface area contributed by atoms with Crippen molar-refractivity contribution in [3.63, 3.8) is 0 Å². The summed E-state index contributed by atoms with van der Waals surface area (Å²) in [5.74, 6) is -0.976. The molecular formula is C12H10F2N4O2. The van der Waals surface area contributed by atoms with Gasteiger partial charge in [0.05, 0.1) is 0 Å². The number of amidine groups is 1. The second-order valence-electron chi connectivity index (χ2n) is 3.68. The van der Waals surface area contributed by atoms with Crippen LogP contribution in [0.1, 0.15) is 22.6 Å². The zero-order valence-electron chi connectivity index (χ0n) is 10.1. The molecule has 20 heavy (non-hydrogen) atoms. The van der Waals surface area contributed by atoms with Gasteiger partial charge in [0.15, 0.2) is 11.5 Å². The number of nitrogens with two attached hydrogens (primary N) is 1. The molecule has 0 atom stereocenters. The predicted molar refractivity (Wildman–Crippen MR) is 66.1 cm³/mol. The maximum Gasteiger partial charge on any atom is 0.385 e. The van der Waals surface area contributed by atoms with Gasteiger partial charge < -0.3 is 10.6 Å². The number of alkyl halides is 2. The third kappa shape index (κ3) is 3.16. The number of carbonyl (C=O) groups excluding carboxylic acids is 1. The normalized spacial score (nSPS) is 11.7. The van der Waals surface area contributed by atoms with Crippen LogP contribution in [-0.4, -0.2) is 21.6 Å². The highest BCUT2D eigenvalue weighted by Crippen LogP contribution is 2.09. The van der Waals surface area contributed by atoms with Crippen LogP contribution < -0.4 is 5.73 Å². The van der Waals surface area contributed by atoms with Crippen molar-refractivity contribution in [2.45, 2.75) is 6.55 Å². The van der Waals surface area contributed by atoms with Crippen LogP contribution in [0.4, 0.5) is 8.78 Å². The second kappa shape index (κ2) is 5.91. The molecule has 0 amide bonds. The van der Waals surface area contributed by atoms with Gasteiger partial charge >= 0.3 is 12.5 Å². The summed E-state index contributed by atoms with van der Waals surface area (Å²) in [6.07, 6.45) is 0.964. The monoisotopic (exact) mass is 280 g/mol. The molecule has 8 heteroatoms. The van der Waals surface area contributed by atoms with E-state index in [-0.39, 0.29) is 11.5 Å². The Morgan fingerprint density at radius 2 is 2.00 bits per heavy atom. The Hall–Kier alpha value is -2.77. The van der Waals surface area contributed by atoms with Crippen LogP contribution >= 0.6 is 0 Å². The van der Waals surface area contributed by atoms with Crippen molar-refractivity contribution in [2.24, 2.45) is 10.9 Å². The summed E-state index contributed by atoms with van der Waals surface area (Å²) in [6, 6.07) is 9.73. The molecule has 0 saturated carbocycles. The fraction of sp³-hybridized carbons (Fsp3) is 0.0833. The zero-order valence-corrected chi connectivity index (χ0v) is 10.1. The van der Waals surface area contributed by atoms with Gasteiger partial charge in [-0.2, -0.15) is 13.9 Å². The average Bonchev–Trinajstić information content (AvgIpc) is 2.95. The van der Waals surface area contributed by atoms with Crippen molar-refractivity contribution in [2.75, 3.05) is 0 Å². The van der Waals surface area contributed by atoms with Crippen LogP contribution in [0.15, 0.2) is 47.8 Å². The van der Waals surface area contributed by atoms with Gasteiger partial charge in [-0.1, -0.05) is 35.5 Å². The molecule has 1 heterocycles. The standard InChI is InChI=1S/C12H10F2N4O2/c13-12(14)18-7-6-9(16-18)11(19)20-17-10(15)8-4-2-1-3-5-8/h1-7,12H,(H2,15,17). The largest absolute Gasteiger partial charge is 0.385 e. The molecule has 0 aliphatic carbocycles. The van der Waals surface area contributed by atoms with Gasteiger partial charge in [0, 0.05) is 11.8 Å². The summed E-state index contributed by atoms with van der Waals surface area (Å²) in [7, 11) is 0. The molecule has 0 aliphatic rings. The molecular weight excluding hydrogens is 270 g/mol. The van der Waals surface area contributed by atoms with Crippen molar-refractivity contribution in [3.8, 4) is 0 Å². The van der Waals surface area contributed by atoms with Crippen LogP contribution in [-0.2, 0) is 4.84 Å². The molecule has 1 aromatic heterocycles. The molecule has 2 rings (SSSR count). The lowest BCUT2D eigenvalue weighted by Gasteiger charge is -1.99. The summed E-state index contributed by atoms with van der Waals surface area (Å²) < 4.78 is 24.9. The molecule has 0 fully saturated rings. The number of nitrogens with zero attached hydrogens (tertiary/aromatic N) is 3. The van der Waals surface area contributed by atoms with Crippen molar-refractivity contribution >= 4 is 11.8 Å². The zero-order chi connectivity index (χ0) is 14.5. The number of hydrogen-bond acceptors (Lipinski definition) is 4. The number of aromatic nitrogens is 2. The van der Waals surface area contributed by atoms with E-state index in [1.807, 2.05) is 0 Å². The first kappa shape index (κ1) is 13.7. The Bertz CT molecular complexity index is 625. The average molecular weight is 280 g/mol. The molecule has 0 spiro atoms. The smallest absolute Gasteiger partial charge is 0.380 e. The number of hydrogen-bond donors (Lipinski definition) is 1. The van der Waals surface area contributed by atoms with Gasteiger partial charge in [-0.05, 0) is 6.07 Å². The maximum atomic E-state index is 12.3. The van der Waals surface area contributed by atoms with Crippen LogP contribution in [0.25, 0.3) is 0 Å². The molecule has 0 unspecified atom stereocenters. The Labute approximate surface area is 112 Å². The molecule has 2 N–H and O–H groups in total. The van der Waals surface area contributed by atoms with Crippen molar-refractivity contribution in [1.82, 2.24) is 9.78 Å². The van der Waals surface area contributed by atoms with Crippen LogP contribution in [0.3, 0.4) is 0 Å². The van der Waals surface area contributed by atoms with E-state index in [2.05, 4.69) is 15.1 Å². The number of rotatable bonds is 4. The third-order valence-electron chi connectivity index (χ3n) is 2.31. The van der Waals surface area contributed by atoms with Gasteiger partial charge in [-0.25, -0.2) is 9.48 Å². The molecule has 2 aromatic rings. The van der Waals surface area contributed by atoms with E-state index in [1.54, 1.807) is 30.3 Å². The minimum atomic E-state index is -2.82. The molecule has 1 aromatic carbocycles. The minimum absolute atomic E-state index is 0.00718. The summed E-state index contributed by atoms with van der Waals surface area (Å²) in [5.41, 5.74) is 5.89. The summed E-state index contributed by atoms with van der Waals surface area (Å²) in [4.78, 5) is 16.1. The van der Waals surface area contributed by atoms with E-state index in [0.717, 1.165) is 12.3 Å².